The molecule has 0 saturated carbocycles. The van der Waals surface area contributed by atoms with Gasteiger partial charge in [-0.2, -0.15) is 8.42 Å². The molecule has 0 aromatic heterocycles. The lowest BCUT2D eigenvalue weighted by molar-refractivity contribution is 0.133. The Morgan fingerprint density at radius 3 is 2.06 bits per heavy atom. The Balaban J connectivity index is 0.000000385. The predicted molar refractivity (Wildman–Crippen MR) is 58.7 cm³/mol. The van der Waals surface area contributed by atoms with Crippen molar-refractivity contribution in [2.45, 2.75) is 19.4 Å². The number of hydrogen-bond donors (Lipinski definition) is 4. The lowest BCUT2D eigenvalue weighted by Crippen LogP contribution is -2.24. The molecule has 0 amide bonds. The third kappa shape index (κ3) is 11.1. The monoisotopic (exact) mass is 249 g/mol. The van der Waals surface area contributed by atoms with E-state index in [-0.39, 0.29) is 6.04 Å². The summed E-state index contributed by atoms with van der Waals surface area (Å²) in [6.07, 6.45) is 0.858. The highest BCUT2D eigenvalue weighted by atomic mass is 32.3. The summed E-state index contributed by atoms with van der Waals surface area (Å²) in [5, 5.41) is 8.55. The molecule has 1 atom stereocenters. The van der Waals surface area contributed by atoms with Crippen molar-refractivity contribution in [3.8, 4) is 0 Å². The third-order valence-corrected chi connectivity index (χ3v) is 1.61. The summed E-state index contributed by atoms with van der Waals surface area (Å²) in [6.45, 7) is 1.94. The van der Waals surface area contributed by atoms with Crippen molar-refractivity contribution in [2.24, 2.45) is 0 Å². The van der Waals surface area contributed by atoms with Crippen LogP contribution in [-0.2, 0) is 16.8 Å². The zero-order valence-electron chi connectivity index (χ0n) is 8.74. The second-order valence-corrected chi connectivity index (χ2v) is 4.06. The number of benzene rings is 1. The molecule has 1 aromatic rings. The molecule has 0 aliphatic heterocycles. The van der Waals surface area contributed by atoms with E-state index >= 15 is 0 Å². The first kappa shape index (κ1) is 15.0. The maximum atomic E-state index is 8.74. The minimum absolute atomic E-state index is 0.123. The molecule has 92 valence electrons. The Morgan fingerprint density at radius 1 is 1.25 bits per heavy atom. The van der Waals surface area contributed by atoms with Crippen molar-refractivity contribution < 1.29 is 22.7 Å². The molecule has 0 heterocycles. The lowest BCUT2D eigenvalue weighted by Gasteiger charge is -2.07. The number of hydroxylamine groups is 1. The van der Waals surface area contributed by atoms with Gasteiger partial charge in [-0.15, -0.1) is 0 Å². The molecule has 1 unspecified atom stereocenters. The molecular formula is C9H15NO5S. The van der Waals surface area contributed by atoms with Crippen molar-refractivity contribution in [2.75, 3.05) is 0 Å². The predicted octanol–water partition coefficient (Wildman–Crippen LogP) is 0.944. The van der Waals surface area contributed by atoms with Gasteiger partial charge in [0.2, 0.25) is 0 Å². The van der Waals surface area contributed by atoms with Crippen molar-refractivity contribution in [1.29, 1.82) is 0 Å². The van der Waals surface area contributed by atoms with Gasteiger partial charge in [0.1, 0.15) is 0 Å². The van der Waals surface area contributed by atoms with E-state index < -0.39 is 10.4 Å². The molecule has 0 radical (unpaired) electrons. The van der Waals surface area contributed by atoms with Gasteiger partial charge in [-0.3, -0.25) is 9.11 Å². The van der Waals surface area contributed by atoms with Gasteiger partial charge in [0.15, 0.2) is 0 Å². The fourth-order valence-electron chi connectivity index (χ4n) is 1.01. The second kappa shape index (κ2) is 7.31. The van der Waals surface area contributed by atoms with Gasteiger partial charge in [0.25, 0.3) is 0 Å². The van der Waals surface area contributed by atoms with Crippen LogP contribution in [0.5, 0.6) is 0 Å². The van der Waals surface area contributed by atoms with Crippen LogP contribution >= 0.6 is 0 Å². The van der Waals surface area contributed by atoms with Crippen LogP contribution in [0.15, 0.2) is 30.3 Å². The van der Waals surface area contributed by atoms with Crippen LogP contribution in [0.25, 0.3) is 0 Å². The quantitative estimate of drug-likeness (QED) is 0.469. The average molecular weight is 249 g/mol. The van der Waals surface area contributed by atoms with E-state index in [1.165, 1.54) is 5.56 Å². The van der Waals surface area contributed by atoms with Gasteiger partial charge in [-0.1, -0.05) is 30.3 Å². The fraction of sp³-hybridized carbons (Fsp3) is 0.333. The lowest BCUT2D eigenvalue weighted by atomic mass is 10.1. The normalized spacial score (nSPS) is 12.5. The van der Waals surface area contributed by atoms with Crippen LogP contribution in [-0.4, -0.2) is 28.8 Å². The van der Waals surface area contributed by atoms with Gasteiger partial charge < -0.3 is 5.21 Å². The van der Waals surface area contributed by atoms with Crippen LogP contribution in [0.1, 0.15) is 12.5 Å². The molecule has 1 aromatic carbocycles. The SMILES string of the molecule is CC(Cc1ccccc1)NO.O=S(=O)(O)O. The molecule has 7 heteroatoms. The summed E-state index contributed by atoms with van der Waals surface area (Å²) in [7, 11) is -4.67. The molecule has 1 rings (SSSR count). The van der Waals surface area contributed by atoms with Crippen molar-refractivity contribution in [3.63, 3.8) is 0 Å². The molecule has 0 aliphatic carbocycles. The summed E-state index contributed by atoms with van der Waals surface area (Å²) in [5.41, 5.74) is 3.45. The van der Waals surface area contributed by atoms with E-state index in [0.717, 1.165) is 6.42 Å². The Bertz CT molecular complexity index is 370. The third-order valence-electron chi connectivity index (χ3n) is 1.61. The average Bonchev–Trinajstić information content (AvgIpc) is 2.16. The van der Waals surface area contributed by atoms with Crippen LogP contribution in [0.3, 0.4) is 0 Å². The van der Waals surface area contributed by atoms with E-state index in [0.29, 0.717) is 0 Å². The highest BCUT2D eigenvalue weighted by molar-refractivity contribution is 7.79. The number of rotatable bonds is 3. The standard InChI is InChI=1S/C9H13NO.H2O4S/c1-8(10-11)7-9-5-3-2-4-6-9;1-5(2,3)4/h2-6,8,10-11H,7H2,1H3;(H2,1,2,3,4). The van der Waals surface area contributed by atoms with Gasteiger partial charge >= 0.3 is 10.4 Å². The van der Waals surface area contributed by atoms with E-state index in [1.54, 1.807) is 0 Å². The highest BCUT2D eigenvalue weighted by Gasteiger charge is 1.99. The molecule has 0 bridgehead atoms. The Hall–Kier alpha value is -0.990. The van der Waals surface area contributed by atoms with Gasteiger partial charge in [0.05, 0.1) is 0 Å². The van der Waals surface area contributed by atoms with Crippen molar-refractivity contribution in [1.82, 2.24) is 5.48 Å². The van der Waals surface area contributed by atoms with E-state index in [9.17, 15) is 0 Å². The number of nitrogens with one attached hydrogen (secondary N) is 1. The molecule has 0 spiro atoms. The molecule has 16 heavy (non-hydrogen) atoms. The zero-order valence-corrected chi connectivity index (χ0v) is 9.55. The zero-order chi connectivity index (χ0) is 12.6. The van der Waals surface area contributed by atoms with Crippen LogP contribution in [0.4, 0.5) is 0 Å². The topological polar surface area (TPSA) is 107 Å². The summed E-state index contributed by atoms with van der Waals surface area (Å²) < 4.78 is 31.6. The maximum Gasteiger partial charge on any atom is 0.394 e. The summed E-state index contributed by atoms with van der Waals surface area (Å²) >= 11 is 0. The molecule has 4 N–H and O–H groups in total. The first-order chi connectivity index (χ1) is 7.33. The van der Waals surface area contributed by atoms with Crippen LogP contribution in [0, 0.1) is 0 Å². The minimum Gasteiger partial charge on any atom is -0.317 e. The fourth-order valence-corrected chi connectivity index (χ4v) is 1.01. The molecule has 6 nitrogen and oxygen atoms in total. The Labute approximate surface area is 94.5 Å². The number of hydrogen-bond acceptors (Lipinski definition) is 4. The molecular weight excluding hydrogens is 234 g/mol. The van der Waals surface area contributed by atoms with E-state index in [2.05, 4.69) is 5.48 Å². The van der Waals surface area contributed by atoms with Crippen molar-refractivity contribution in [3.05, 3.63) is 35.9 Å². The Kier molecular flexibility index (Phi) is 6.86. The van der Waals surface area contributed by atoms with E-state index in [4.69, 9.17) is 22.7 Å². The van der Waals surface area contributed by atoms with E-state index in [1.807, 2.05) is 37.3 Å². The minimum atomic E-state index is -4.67. The summed E-state index contributed by atoms with van der Waals surface area (Å²) in [5.74, 6) is 0. The second-order valence-electron chi connectivity index (χ2n) is 3.17. The smallest absolute Gasteiger partial charge is 0.317 e. The largest absolute Gasteiger partial charge is 0.394 e. The molecule has 0 aliphatic rings. The molecule has 0 saturated heterocycles. The Morgan fingerprint density at radius 2 is 1.69 bits per heavy atom. The van der Waals surface area contributed by atoms with Gasteiger partial charge in [0, 0.05) is 6.04 Å². The first-order valence-corrected chi connectivity index (χ1v) is 5.86. The maximum absolute atomic E-state index is 8.74. The van der Waals surface area contributed by atoms with Crippen molar-refractivity contribution >= 4 is 10.4 Å². The highest BCUT2D eigenvalue weighted by Crippen LogP contribution is 2.01. The molecule has 0 fully saturated rings. The van der Waals surface area contributed by atoms with Gasteiger partial charge in [-0.05, 0) is 18.9 Å². The van der Waals surface area contributed by atoms with Gasteiger partial charge in [-0.25, -0.2) is 5.48 Å². The van der Waals surface area contributed by atoms with Crippen LogP contribution < -0.4 is 5.48 Å². The first-order valence-electron chi connectivity index (χ1n) is 4.46. The summed E-state index contributed by atoms with van der Waals surface area (Å²) in [4.78, 5) is 0. The van der Waals surface area contributed by atoms with Crippen LogP contribution in [0.2, 0.25) is 0 Å². The summed E-state index contributed by atoms with van der Waals surface area (Å²) in [6, 6.07) is 10.2.